The number of carbonyl (C=O) groups is 1. The number of hydrogen-bond acceptors (Lipinski definition) is 7. The van der Waals surface area contributed by atoms with Gasteiger partial charge < -0.3 is 14.2 Å². The highest BCUT2D eigenvalue weighted by Crippen LogP contribution is 2.36. The van der Waals surface area contributed by atoms with Gasteiger partial charge in [0.25, 0.3) is 5.56 Å². The summed E-state index contributed by atoms with van der Waals surface area (Å²) in [5.41, 5.74) is 2.64. The number of aromatic nitrogens is 1. The maximum atomic E-state index is 14.1. The van der Waals surface area contributed by atoms with Crippen molar-refractivity contribution in [1.82, 2.24) is 4.57 Å². The quantitative estimate of drug-likeness (QED) is 0.140. The molecule has 0 aliphatic carbocycles. The van der Waals surface area contributed by atoms with E-state index in [0.717, 1.165) is 9.13 Å². The molecule has 4 aromatic rings. The van der Waals surface area contributed by atoms with E-state index < -0.39 is 12.0 Å². The number of ether oxygens (including phenoxy) is 3. The van der Waals surface area contributed by atoms with Gasteiger partial charge in [0.1, 0.15) is 30.0 Å². The third kappa shape index (κ3) is 6.84. The molecule has 11 heteroatoms. The molecule has 0 radical (unpaired) electrons. The summed E-state index contributed by atoms with van der Waals surface area (Å²) >= 11 is 7.02. The number of benzene rings is 3. The number of fused-ring (bicyclic) bond motifs is 1. The first-order valence-electron chi connectivity index (χ1n) is 13.9. The Kier molecular flexibility index (Phi) is 10.1. The number of allylic oxidation sites excluding steroid dienone is 1. The molecule has 1 aliphatic rings. The molecule has 0 unspecified atom stereocenters. The second-order valence-corrected chi connectivity index (χ2v) is 13.3. The molecule has 44 heavy (non-hydrogen) atoms. The van der Waals surface area contributed by atoms with Crippen molar-refractivity contribution in [2.45, 2.75) is 46.4 Å². The van der Waals surface area contributed by atoms with Crippen LogP contribution in [-0.4, -0.2) is 23.2 Å². The van der Waals surface area contributed by atoms with Gasteiger partial charge in [0.2, 0.25) is 0 Å². The first-order chi connectivity index (χ1) is 21.1. The molecule has 3 aromatic carbocycles. The molecule has 1 atom stereocenters. The molecule has 5 rings (SSSR count). The van der Waals surface area contributed by atoms with E-state index in [1.165, 1.54) is 23.5 Å². The molecule has 0 amide bonds. The molecule has 0 bridgehead atoms. The van der Waals surface area contributed by atoms with Crippen LogP contribution in [0.3, 0.4) is 0 Å². The molecule has 0 saturated heterocycles. The Morgan fingerprint density at radius 3 is 2.66 bits per heavy atom. The van der Waals surface area contributed by atoms with Crippen LogP contribution in [0, 0.1) is 9.39 Å². The Hall–Kier alpha value is -3.29. The standard InChI is InChI=1S/C33H29BrFIN2O5S/c1-5-41-32(40)28-19(4)37-33-38(29(28)23-11-6-7-12-26(23)43-18(2)3)31(39)27(44-33)16-21-14-24(34)30(25(36)15-21)42-17-20-9-8-10-22(35)13-20/h6-16,18,29H,5,17H2,1-4H3/b27-16+/t29-/m1/s1. The highest BCUT2D eigenvalue weighted by atomic mass is 127. The number of carbonyl (C=O) groups excluding carboxylic acids is 1. The Balaban J connectivity index is 1.59. The zero-order chi connectivity index (χ0) is 31.5. The van der Waals surface area contributed by atoms with Crippen LogP contribution in [-0.2, 0) is 16.1 Å². The Morgan fingerprint density at radius 1 is 1.18 bits per heavy atom. The van der Waals surface area contributed by atoms with Crippen LogP contribution < -0.4 is 24.4 Å². The van der Waals surface area contributed by atoms with Crippen molar-refractivity contribution >= 4 is 61.9 Å². The molecule has 0 saturated carbocycles. The van der Waals surface area contributed by atoms with Crippen LogP contribution in [0.25, 0.3) is 6.08 Å². The van der Waals surface area contributed by atoms with Crippen molar-refractivity contribution in [2.75, 3.05) is 6.61 Å². The molecular formula is C33H29BrFIN2O5S. The summed E-state index contributed by atoms with van der Waals surface area (Å²) in [6, 6.07) is 16.7. The number of thiazole rings is 1. The van der Waals surface area contributed by atoms with E-state index in [0.29, 0.717) is 47.7 Å². The number of hydrogen-bond donors (Lipinski definition) is 0. The van der Waals surface area contributed by atoms with E-state index in [-0.39, 0.29) is 30.7 Å². The lowest BCUT2D eigenvalue weighted by atomic mass is 9.95. The Labute approximate surface area is 280 Å². The fourth-order valence-electron chi connectivity index (χ4n) is 4.89. The van der Waals surface area contributed by atoms with Crippen LogP contribution in [0.2, 0.25) is 0 Å². The van der Waals surface area contributed by atoms with Gasteiger partial charge in [-0.1, -0.05) is 41.7 Å². The van der Waals surface area contributed by atoms with Crippen molar-refractivity contribution in [3.63, 3.8) is 0 Å². The minimum atomic E-state index is -0.784. The topological polar surface area (TPSA) is 79.1 Å². The monoisotopic (exact) mass is 790 g/mol. The molecule has 0 fully saturated rings. The van der Waals surface area contributed by atoms with Crippen molar-refractivity contribution in [1.29, 1.82) is 0 Å². The Bertz CT molecular complexity index is 1930. The molecule has 1 aromatic heterocycles. The average Bonchev–Trinajstić information content (AvgIpc) is 3.26. The van der Waals surface area contributed by atoms with Gasteiger partial charge in [-0.25, -0.2) is 14.2 Å². The molecule has 0 spiro atoms. The number of rotatable bonds is 9. The van der Waals surface area contributed by atoms with E-state index in [9.17, 15) is 14.0 Å². The van der Waals surface area contributed by atoms with Crippen LogP contribution in [0.4, 0.5) is 4.39 Å². The second-order valence-electron chi connectivity index (χ2n) is 10.2. The molecule has 2 heterocycles. The van der Waals surface area contributed by atoms with Crippen LogP contribution in [0.15, 0.2) is 86.2 Å². The zero-order valence-electron chi connectivity index (χ0n) is 24.4. The number of esters is 1. The average molecular weight is 791 g/mol. The lowest BCUT2D eigenvalue weighted by molar-refractivity contribution is -0.139. The summed E-state index contributed by atoms with van der Waals surface area (Å²) in [6.07, 6.45) is 1.68. The summed E-state index contributed by atoms with van der Waals surface area (Å²) < 4.78 is 34.6. The third-order valence-corrected chi connectivity index (χ3v) is 9.06. The maximum absolute atomic E-state index is 14.1. The van der Waals surface area contributed by atoms with E-state index in [4.69, 9.17) is 14.2 Å². The van der Waals surface area contributed by atoms with Gasteiger partial charge in [-0.2, -0.15) is 0 Å². The summed E-state index contributed by atoms with van der Waals surface area (Å²) in [7, 11) is 0. The van der Waals surface area contributed by atoms with Crippen molar-refractivity contribution < 1.29 is 23.4 Å². The van der Waals surface area contributed by atoms with Gasteiger partial charge in [0.05, 0.1) is 36.6 Å². The van der Waals surface area contributed by atoms with Crippen LogP contribution in [0.1, 0.15) is 50.4 Å². The number of halogens is 3. The van der Waals surface area contributed by atoms with Gasteiger partial charge >= 0.3 is 5.97 Å². The third-order valence-electron chi connectivity index (χ3n) is 6.68. The minimum Gasteiger partial charge on any atom is -0.491 e. The summed E-state index contributed by atoms with van der Waals surface area (Å²) in [5, 5.41) is 0. The van der Waals surface area contributed by atoms with Gasteiger partial charge in [-0.05, 0) is 114 Å². The largest absolute Gasteiger partial charge is 0.491 e. The summed E-state index contributed by atoms with van der Waals surface area (Å²) in [4.78, 5) is 32.5. The smallest absolute Gasteiger partial charge is 0.338 e. The predicted molar refractivity (Wildman–Crippen MR) is 180 cm³/mol. The Morgan fingerprint density at radius 2 is 1.95 bits per heavy atom. The lowest BCUT2D eigenvalue weighted by Crippen LogP contribution is -2.40. The number of para-hydroxylation sites is 1. The maximum Gasteiger partial charge on any atom is 0.338 e. The predicted octanol–water partition coefficient (Wildman–Crippen LogP) is 6.67. The highest BCUT2D eigenvalue weighted by molar-refractivity contribution is 14.1. The van der Waals surface area contributed by atoms with Gasteiger partial charge in [-0.3, -0.25) is 9.36 Å². The van der Waals surface area contributed by atoms with Crippen LogP contribution >= 0.6 is 49.9 Å². The first kappa shape index (κ1) is 32.1. The minimum absolute atomic E-state index is 0.121. The molecule has 228 valence electrons. The number of nitrogens with zero attached hydrogens (tertiary/aromatic N) is 2. The van der Waals surface area contributed by atoms with Crippen molar-refractivity contribution in [2.24, 2.45) is 4.99 Å². The summed E-state index contributed by atoms with van der Waals surface area (Å²) in [5.74, 6) is 0.343. The summed E-state index contributed by atoms with van der Waals surface area (Å²) in [6.45, 7) is 7.73. The SMILES string of the molecule is CCOC(=O)C1=C(C)N=c2s/c(=C/c3cc(Br)c(OCc4cccc(F)c4)c(I)c3)c(=O)n2[C@@H]1c1ccccc1OC(C)C. The first-order valence-corrected chi connectivity index (χ1v) is 16.6. The van der Waals surface area contributed by atoms with Gasteiger partial charge in [0, 0.05) is 5.56 Å². The van der Waals surface area contributed by atoms with Crippen molar-refractivity contribution in [3.05, 3.63) is 122 Å². The van der Waals surface area contributed by atoms with E-state index >= 15 is 0 Å². The van der Waals surface area contributed by atoms with E-state index in [1.54, 1.807) is 36.6 Å². The molecule has 0 N–H and O–H groups in total. The second kappa shape index (κ2) is 13.8. The van der Waals surface area contributed by atoms with Crippen LogP contribution in [0.5, 0.6) is 11.5 Å². The fourth-order valence-corrected chi connectivity index (χ4v) is 7.70. The highest BCUT2D eigenvalue weighted by Gasteiger charge is 2.35. The molecule has 1 aliphatic heterocycles. The molecule has 7 nitrogen and oxygen atoms in total. The van der Waals surface area contributed by atoms with E-state index in [1.807, 2.05) is 50.2 Å². The lowest BCUT2D eigenvalue weighted by Gasteiger charge is -2.26. The molecular weight excluding hydrogens is 762 g/mol. The van der Waals surface area contributed by atoms with E-state index in [2.05, 4.69) is 43.5 Å². The fraction of sp³-hybridized carbons (Fsp3) is 0.242. The van der Waals surface area contributed by atoms with Crippen molar-refractivity contribution in [3.8, 4) is 11.5 Å². The zero-order valence-corrected chi connectivity index (χ0v) is 29.0. The normalized spacial score (nSPS) is 14.8. The van der Waals surface area contributed by atoms with Gasteiger partial charge in [0.15, 0.2) is 4.80 Å². The van der Waals surface area contributed by atoms with Gasteiger partial charge in [-0.15, -0.1) is 0 Å².